The van der Waals surface area contributed by atoms with Crippen LogP contribution in [0.5, 0.6) is 0 Å². The van der Waals surface area contributed by atoms with E-state index in [9.17, 15) is 0 Å². The van der Waals surface area contributed by atoms with Crippen molar-refractivity contribution in [3.8, 4) is 0 Å². The Bertz CT molecular complexity index is 629. The molecule has 1 aromatic carbocycles. The minimum Gasteiger partial charge on any atom is -0.371 e. The highest BCUT2D eigenvalue weighted by molar-refractivity contribution is 5.93. The van der Waals surface area contributed by atoms with E-state index in [-0.39, 0.29) is 0 Å². The first-order valence-electron chi connectivity index (χ1n) is 7.28. The lowest BCUT2D eigenvalue weighted by Crippen LogP contribution is -1.98. The molecule has 1 N–H and O–H groups in total. The zero-order valence-electron chi connectivity index (χ0n) is 12.8. The van der Waals surface area contributed by atoms with Crippen molar-refractivity contribution >= 4 is 28.1 Å². The standard InChI is InChI=1S/C17H23N3/c1-5-6-9-12(2)19-16-13(3)14-10-7-8-11-15(14)20-17(16)18-4/h7-8,10-11H,5-6,9H2,1-4H3,(H,18,20)/b19-12+. The maximum Gasteiger partial charge on any atom is 0.152 e. The number of hydrogen-bond acceptors (Lipinski definition) is 3. The maximum atomic E-state index is 4.81. The van der Waals surface area contributed by atoms with Crippen LogP contribution in [0.1, 0.15) is 38.7 Å². The Morgan fingerprint density at radius 1 is 1.30 bits per heavy atom. The van der Waals surface area contributed by atoms with E-state index in [2.05, 4.69) is 37.1 Å². The molecule has 0 aliphatic rings. The fourth-order valence-electron chi connectivity index (χ4n) is 2.36. The molecule has 0 bridgehead atoms. The van der Waals surface area contributed by atoms with E-state index in [1.165, 1.54) is 29.5 Å². The summed E-state index contributed by atoms with van der Waals surface area (Å²) < 4.78 is 0. The lowest BCUT2D eigenvalue weighted by atomic mass is 10.1. The van der Waals surface area contributed by atoms with Gasteiger partial charge in [0.2, 0.25) is 0 Å². The molecule has 20 heavy (non-hydrogen) atoms. The van der Waals surface area contributed by atoms with Gasteiger partial charge in [-0.2, -0.15) is 0 Å². The number of pyridine rings is 1. The third-order valence-electron chi connectivity index (χ3n) is 3.55. The Balaban J connectivity index is 2.53. The van der Waals surface area contributed by atoms with Gasteiger partial charge in [0.15, 0.2) is 5.82 Å². The van der Waals surface area contributed by atoms with Crippen molar-refractivity contribution in [1.29, 1.82) is 0 Å². The number of para-hydroxylation sites is 1. The Labute approximate surface area is 121 Å². The molecule has 0 aliphatic heterocycles. The average molecular weight is 269 g/mol. The summed E-state index contributed by atoms with van der Waals surface area (Å²) in [5.41, 5.74) is 4.35. The van der Waals surface area contributed by atoms with Gasteiger partial charge in [0.05, 0.1) is 5.52 Å². The van der Waals surface area contributed by atoms with Gasteiger partial charge in [-0.1, -0.05) is 31.5 Å². The number of unbranched alkanes of at least 4 members (excludes halogenated alkanes) is 1. The molecule has 1 heterocycles. The van der Waals surface area contributed by atoms with Gasteiger partial charge in [-0.3, -0.25) is 4.99 Å². The topological polar surface area (TPSA) is 37.3 Å². The zero-order chi connectivity index (χ0) is 14.5. The van der Waals surface area contributed by atoms with E-state index < -0.39 is 0 Å². The summed E-state index contributed by atoms with van der Waals surface area (Å²) in [5.74, 6) is 0.858. The van der Waals surface area contributed by atoms with Crippen LogP contribution in [-0.4, -0.2) is 17.7 Å². The van der Waals surface area contributed by atoms with Crippen molar-refractivity contribution in [2.45, 2.75) is 40.0 Å². The van der Waals surface area contributed by atoms with Crippen LogP contribution in [0.4, 0.5) is 11.5 Å². The Morgan fingerprint density at radius 2 is 2.05 bits per heavy atom. The highest BCUT2D eigenvalue weighted by Gasteiger charge is 2.10. The van der Waals surface area contributed by atoms with Crippen LogP contribution in [0, 0.1) is 6.92 Å². The highest BCUT2D eigenvalue weighted by atomic mass is 15.0. The normalized spacial score (nSPS) is 11.9. The molecule has 2 aromatic rings. The first kappa shape index (κ1) is 14.5. The van der Waals surface area contributed by atoms with E-state index in [1.54, 1.807) is 0 Å². The SMILES string of the molecule is CCCC/C(C)=N/c1c(NC)nc2ccccc2c1C. The molecule has 0 saturated carbocycles. The molecule has 0 saturated heterocycles. The third-order valence-corrected chi connectivity index (χ3v) is 3.55. The van der Waals surface area contributed by atoms with Gasteiger partial charge >= 0.3 is 0 Å². The monoisotopic (exact) mass is 269 g/mol. The van der Waals surface area contributed by atoms with E-state index in [0.29, 0.717) is 0 Å². The summed E-state index contributed by atoms with van der Waals surface area (Å²) in [6, 6.07) is 8.22. The molecule has 0 radical (unpaired) electrons. The molecule has 0 atom stereocenters. The van der Waals surface area contributed by atoms with Crippen molar-refractivity contribution in [2.24, 2.45) is 4.99 Å². The summed E-state index contributed by atoms with van der Waals surface area (Å²) in [7, 11) is 1.90. The number of anilines is 1. The number of nitrogens with one attached hydrogen (secondary N) is 1. The molecular weight excluding hydrogens is 246 g/mol. The van der Waals surface area contributed by atoms with Crippen molar-refractivity contribution in [3.63, 3.8) is 0 Å². The van der Waals surface area contributed by atoms with Crippen molar-refractivity contribution in [3.05, 3.63) is 29.8 Å². The molecule has 2 rings (SSSR count). The van der Waals surface area contributed by atoms with E-state index in [0.717, 1.165) is 23.4 Å². The number of rotatable bonds is 5. The first-order chi connectivity index (χ1) is 9.67. The van der Waals surface area contributed by atoms with Crippen LogP contribution in [0.25, 0.3) is 10.9 Å². The third kappa shape index (κ3) is 2.98. The number of aliphatic imine (C=N–C) groups is 1. The summed E-state index contributed by atoms with van der Waals surface area (Å²) >= 11 is 0. The Morgan fingerprint density at radius 3 is 2.75 bits per heavy atom. The molecule has 0 spiro atoms. The van der Waals surface area contributed by atoms with Gasteiger partial charge in [-0.25, -0.2) is 4.98 Å². The largest absolute Gasteiger partial charge is 0.371 e. The Hall–Kier alpha value is -1.90. The average Bonchev–Trinajstić information content (AvgIpc) is 2.47. The number of benzene rings is 1. The van der Waals surface area contributed by atoms with Gasteiger partial charge in [-0.05, 0) is 38.3 Å². The summed E-state index contributed by atoms with van der Waals surface area (Å²) in [4.78, 5) is 9.48. The second kappa shape index (κ2) is 6.51. The summed E-state index contributed by atoms with van der Waals surface area (Å²) in [6.45, 7) is 6.43. The lowest BCUT2D eigenvalue weighted by molar-refractivity contribution is 0.833. The van der Waals surface area contributed by atoms with Crippen LogP contribution in [0.2, 0.25) is 0 Å². The van der Waals surface area contributed by atoms with Crippen molar-refractivity contribution < 1.29 is 0 Å². The van der Waals surface area contributed by atoms with E-state index >= 15 is 0 Å². The molecule has 1 aromatic heterocycles. The number of aromatic nitrogens is 1. The summed E-state index contributed by atoms with van der Waals surface area (Å²) in [6.07, 6.45) is 3.43. The maximum absolute atomic E-state index is 4.81. The number of hydrogen-bond donors (Lipinski definition) is 1. The van der Waals surface area contributed by atoms with Crippen LogP contribution in [-0.2, 0) is 0 Å². The van der Waals surface area contributed by atoms with Crippen molar-refractivity contribution in [1.82, 2.24) is 4.98 Å². The van der Waals surface area contributed by atoms with Gasteiger partial charge in [0.25, 0.3) is 0 Å². The smallest absolute Gasteiger partial charge is 0.152 e. The lowest BCUT2D eigenvalue weighted by Gasteiger charge is -2.12. The second-order valence-corrected chi connectivity index (χ2v) is 5.15. The van der Waals surface area contributed by atoms with E-state index in [4.69, 9.17) is 4.99 Å². The molecule has 0 amide bonds. The number of aryl methyl sites for hydroxylation is 1. The highest BCUT2D eigenvalue weighted by Crippen LogP contribution is 2.33. The fraction of sp³-hybridized carbons (Fsp3) is 0.412. The van der Waals surface area contributed by atoms with Crippen LogP contribution >= 0.6 is 0 Å². The fourth-order valence-corrected chi connectivity index (χ4v) is 2.36. The van der Waals surface area contributed by atoms with Gasteiger partial charge in [0.1, 0.15) is 5.69 Å². The molecule has 0 aliphatic carbocycles. The van der Waals surface area contributed by atoms with Gasteiger partial charge in [0, 0.05) is 18.1 Å². The number of fused-ring (bicyclic) bond motifs is 1. The predicted octanol–water partition coefficient (Wildman–Crippen LogP) is 4.87. The minimum atomic E-state index is 0.858. The first-order valence-corrected chi connectivity index (χ1v) is 7.28. The molecule has 0 unspecified atom stereocenters. The molecule has 3 heteroatoms. The quantitative estimate of drug-likeness (QED) is 0.786. The molecular formula is C17H23N3. The van der Waals surface area contributed by atoms with Gasteiger partial charge < -0.3 is 5.32 Å². The van der Waals surface area contributed by atoms with E-state index in [1.807, 2.05) is 25.2 Å². The second-order valence-electron chi connectivity index (χ2n) is 5.15. The molecule has 3 nitrogen and oxygen atoms in total. The van der Waals surface area contributed by atoms with Crippen molar-refractivity contribution in [2.75, 3.05) is 12.4 Å². The van der Waals surface area contributed by atoms with Gasteiger partial charge in [-0.15, -0.1) is 0 Å². The zero-order valence-corrected chi connectivity index (χ0v) is 12.8. The molecule has 0 fully saturated rings. The van der Waals surface area contributed by atoms with Crippen LogP contribution < -0.4 is 5.32 Å². The predicted molar refractivity (Wildman–Crippen MR) is 88.3 cm³/mol. The number of nitrogens with zero attached hydrogens (tertiary/aromatic N) is 2. The van der Waals surface area contributed by atoms with Crippen LogP contribution in [0.3, 0.4) is 0 Å². The molecule has 106 valence electrons. The van der Waals surface area contributed by atoms with Crippen LogP contribution in [0.15, 0.2) is 29.3 Å². The minimum absolute atomic E-state index is 0.858. The Kier molecular flexibility index (Phi) is 4.72. The summed E-state index contributed by atoms with van der Waals surface area (Å²) in [5, 5.41) is 4.35.